The zero-order valence-corrected chi connectivity index (χ0v) is 12.7. The minimum atomic E-state index is 0.421. The SMILES string of the molecule is CCNC(CCC(C)(C)C)C(C)c1ccccc1. The molecule has 0 radical (unpaired) electrons. The summed E-state index contributed by atoms with van der Waals surface area (Å²) in [5, 5.41) is 3.65. The molecule has 0 aromatic heterocycles. The molecule has 0 aliphatic heterocycles. The highest BCUT2D eigenvalue weighted by Crippen LogP contribution is 2.27. The Morgan fingerprint density at radius 2 is 1.72 bits per heavy atom. The van der Waals surface area contributed by atoms with Gasteiger partial charge >= 0.3 is 0 Å². The van der Waals surface area contributed by atoms with Gasteiger partial charge in [-0.25, -0.2) is 0 Å². The van der Waals surface area contributed by atoms with Crippen molar-refractivity contribution in [3.63, 3.8) is 0 Å². The van der Waals surface area contributed by atoms with Crippen molar-refractivity contribution in [3.8, 4) is 0 Å². The molecule has 1 nitrogen and oxygen atoms in total. The number of rotatable bonds is 6. The summed E-state index contributed by atoms with van der Waals surface area (Å²) in [6.45, 7) is 12.6. The van der Waals surface area contributed by atoms with Crippen molar-refractivity contribution in [2.24, 2.45) is 5.41 Å². The monoisotopic (exact) mass is 247 g/mol. The molecule has 0 spiro atoms. The number of likely N-dealkylation sites (N-methyl/N-ethyl adjacent to an activating group) is 1. The maximum absolute atomic E-state index is 3.65. The van der Waals surface area contributed by atoms with E-state index in [2.05, 4.69) is 70.3 Å². The van der Waals surface area contributed by atoms with Crippen molar-refractivity contribution in [3.05, 3.63) is 35.9 Å². The van der Waals surface area contributed by atoms with Gasteiger partial charge in [0.2, 0.25) is 0 Å². The highest BCUT2D eigenvalue weighted by atomic mass is 14.9. The molecule has 0 bridgehead atoms. The van der Waals surface area contributed by atoms with Crippen molar-refractivity contribution in [1.29, 1.82) is 0 Å². The van der Waals surface area contributed by atoms with Gasteiger partial charge in [-0.05, 0) is 36.3 Å². The molecule has 2 unspecified atom stereocenters. The van der Waals surface area contributed by atoms with Gasteiger partial charge in [0, 0.05) is 6.04 Å². The van der Waals surface area contributed by atoms with Crippen molar-refractivity contribution in [2.45, 2.75) is 59.4 Å². The second kappa shape index (κ2) is 6.94. The van der Waals surface area contributed by atoms with Crippen LogP contribution in [0.3, 0.4) is 0 Å². The van der Waals surface area contributed by atoms with Gasteiger partial charge in [-0.3, -0.25) is 0 Å². The number of benzene rings is 1. The van der Waals surface area contributed by atoms with Crippen LogP contribution in [0.25, 0.3) is 0 Å². The smallest absolute Gasteiger partial charge is 0.0133 e. The van der Waals surface area contributed by atoms with E-state index in [0.29, 0.717) is 17.4 Å². The van der Waals surface area contributed by atoms with E-state index in [1.165, 1.54) is 18.4 Å². The summed E-state index contributed by atoms with van der Waals surface area (Å²) in [7, 11) is 0. The van der Waals surface area contributed by atoms with Crippen molar-refractivity contribution < 1.29 is 0 Å². The Hall–Kier alpha value is -0.820. The lowest BCUT2D eigenvalue weighted by atomic mass is 9.84. The van der Waals surface area contributed by atoms with Crippen LogP contribution in [0.1, 0.15) is 58.9 Å². The molecule has 0 aliphatic rings. The minimum Gasteiger partial charge on any atom is -0.314 e. The highest BCUT2D eigenvalue weighted by molar-refractivity contribution is 5.20. The third kappa shape index (κ3) is 5.22. The molecule has 1 aromatic rings. The molecule has 1 heteroatoms. The highest BCUT2D eigenvalue weighted by Gasteiger charge is 2.20. The summed E-state index contributed by atoms with van der Waals surface area (Å²) in [4.78, 5) is 0. The maximum atomic E-state index is 3.65. The largest absolute Gasteiger partial charge is 0.314 e. The van der Waals surface area contributed by atoms with Gasteiger partial charge in [0.05, 0.1) is 0 Å². The first-order chi connectivity index (χ1) is 8.44. The van der Waals surface area contributed by atoms with E-state index in [1.54, 1.807) is 0 Å². The van der Waals surface area contributed by atoms with E-state index >= 15 is 0 Å². The molecular weight excluding hydrogens is 218 g/mol. The molecule has 102 valence electrons. The van der Waals surface area contributed by atoms with Crippen molar-refractivity contribution >= 4 is 0 Å². The summed E-state index contributed by atoms with van der Waals surface area (Å²) in [5.41, 5.74) is 1.86. The normalized spacial score (nSPS) is 15.4. The zero-order valence-electron chi connectivity index (χ0n) is 12.7. The lowest BCUT2D eigenvalue weighted by Crippen LogP contribution is -2.34. The summed E-state index contributed by atoms with van der Waals surface area (Å²) < 4.78 is 0. The summed E-state index contributed by atoms with van der Waals surface area (Å²) >= 11 is 0. The van der Waals surface area contributed by atoms with Gasteiger partial charge in [-0.15, -0.1) is 0 Å². The predicted molar refractivity (Wildman–Crippen MR) is 81.0 cm³/mol. The Balaban J connectivity index is 2.66. The van der Waals surface area contributed by atoms with E-state index in [-0.39, 0.29) is 0 Å². The molecule has 18 heavy (non-hydrogen) atoms. The van der Waals surface area contributed by atoms with Crippen molar-refractivity contribution in [2.75, 3.05) is 6.54 Å². The Morgan fingerprint density at radius 3 is 2.22 bits per heavy atom. The molecule has 1 aromatic carbocycles. The minimum absolute atomic E-state index is 0.421. The Labute approximate surface area is 113 Å². The average molecular weight is 247 g/mol. The summed E-state index contributed by atoms with van der Waals surface area (Å²) in [6, 6.07) is 11.4. The fourth-order valence-electron chi connectivity index (χ4n) is 2.37. The standard InChI is InChI=1S/C17H29N/c1-6-18-16(12-13-17(3,4)5)14(2)15-10-8-7-9-11-15/h7-11,14,16,18H,6,12-13H2,1-5H3. The lowest BCUT2D eigenvalue weighted by Gasteiger charge is -2.28. The molecule has 2 atom stereocenters. The molecule has 0 amide bonds. The second-order valence-electron chi connectivity index (χ2n) is 6.46. The molecule has 0 fully saturated rings. The van der Waals surface area contributed by atoms with Crippen LogP contribution in [0.15, 0.2) is 30.3 Å². The van der Waals surface area contributed by atoms with Crippen LogP contribution in [0.4, 0.5) is 0 Å². The van der Waals surface area contributed by atoms with Crippen LogP contribution < -0.4 is 5.32 Å². The molecule has 1 rings (SSSR count). The molecule has 0 heterocycles. The molecule has 0 aliphatic carbocycles. The Morgan fingerprint density at radius 1 is 1.11 bits per heavy atom. The first-order valence-electron chi connectivity index (χ1n) is 7.22. The Bertz CT molecular complexity index is 323. The summed E-state index contributed by atoms with van der Waals surface area (Å²) in [5.74, 6) is 0.577. The van der Waals surface area contributed by atoms with E-state index < -0.39 is 0 Å². The average Bonchev–Trinajstić information content (AvgIpc) is 2.33. The van der Waals surface area contributed by atoms with Gasteiger partial charge in [-0.1, -0.05) is 65.0 Å². The van der Waals surface area contributed by atoms with Gasteiger partial charge in [0.1, 0.15) is 0 Å². The molecular formula is C17H29N. The zero-order chi connectivity index (χ0) is 13.6. The molecule has 1 N–H and O–H groups in total. The number of nitrogens with one attached hydrogen (secondary N) is 1. The summed E-state index contributed by atoms with van der Waals surface area (Å²) in [6.07, 6.45) is 2.51. The van der Waals surface area contributed by atoms with Crippen LogP contribution in [-0.2, 0) is 0 Å². The van der Waals surface area contributed by atoms with Gasteiger partial charge < -0.3 is 5.32 Å². The first kappa shape index (κ1) is 15.2. The third-order valence-corrected chi connectivity index (χ3v) is 3.60. The van der Waals surface area contributed by atoms with E-state index in [0.717, 1.165) is 6.54 Å². The maximum Gasteiger partial charge on any atom is 0.0133 e. The van der Waals surface area contributed by atoms with E-state index in [9.17, 15) is 0 Å². The second-order valence-corrected chi connectivity index (χ2v) is 6.46. The van der Waals surface area contributed by atoms with Gasteiger partial charge in [0.25, 0.3) is 0 Å². The van der Waals surface area contributed by atoms with Gasteiger partial charge in [-0.2, -0.15) is 0 Å². The number of hydrogen-bond donors (Lipinski definition) is 1. The lowest BCUT2D eigenvalue weighted by molar-refractivity contribution is 0.316. The quantitative estimate of drug-likeness (QED) is 0.775. The molecule has 0 saturated heterocycles. The molecule has 0 saturated carbocycles. The van der Waals surface area contributed by atoms with E-state index in [4.69, 9.17) is 0 Å². The van der Waals surface area contributed by atoms with Crippen LogP contribution in [0, 0.1) is 5.41 Å². The Kier molecular flexibility index (Phi) is 5.87. The van der Waals surface area contributed by atoms with Gasteiger partial charge in [0.15, 0.2) is 0 Å². The predicted octanol–water partition coefficient (Wildman–Crippen LogP) is 4.59. The fourth-order valence-corrected chi connectivity index (χ4v) is 2.37. The van der Waals surface area contributed by atoms with Crippen LogP contribution in [0.2, 0.25) is 0 Å². The van der Waals surface area contributed by atoms with E-state index in [1.807, 2.05) is 0 Å². The van der Waals surface area contributed by atoms with Crippen molar-refractivity contribution in [1.82, 2.24) is 5.32 Å². The number of hydrogen-bond acceptors (Lipinski definition) is 1. The first-order valence-corrected chi connectivity index (χ1v) is 7.22. The van der Waals surface area contributed by atoms with Crippen LogP contribution in [-0.4, -0.2) is 12.6 Å². The van der Waals surface area contributed by atoms with Crippen LogP contribution >= 0.6 is 0 Å². The third-order valence-electron chi connectivity index (χ3n) is 3.60. The topological polar surface area (TPSA) is 12.0 Å². The fraction of sp³-hybridized carbons (Fsp3) is 0.647. The van der Waals surface area contributed by atoms with Crippen LogP contribution in [0.5, 0.6) is 0 Å².